The van der Waals surface area contributed by atoms with Crippen LogP contribution in [0.5, 0.6) is 0 Å². The Labute approximate surface area is 147 Å². The first kappa shape index (κ1) is 18.1. The minimum atomic E-state index is -0.529. The van der Waals surface area contributed by atoms with E-state index in [0.29, 0.717) is 5.56 Å². The second-order valence-electron chi connectivity index (χ2n) is 4.80. The molecule has 2 N–H and O–H groups in total. The van der Waals surface area contributed by atoms with Gasteiger partial charge >= 0.3 is 0 Å². The summed E-state index contributed by atoms with van der Waals surface area (Å²) in [5.74, 6) is -1.00. The van der Waals surface area contributed by atoms with Crippen molar-refractivity contribution in [3.8, 4) is 0 Å². The van der Waals surface area contributed by atoms with Gasteiger partial charge in [0, 0.05) is 12.1 Å². The quantitative estimate of drug-likeness (QED) is 0.466. The van der Waals surface area contributed by atoms with Crippen molar-refractivity contribution in [2.75, 3.05) is 6.54 Å². The fourth-order valence-corrected chi connectivity index (χ4v) is 2.02. The van der Waals surface area contributed by atoms with E-state index < -0.39 is 16.7 Å². The highest BCUT2D eigenvalue weighted by atomic mass is 35.5. The molecule has 0 atom stereocenters. The smallest absolute Gasteiger partial charge is 0.269 e. The molecule has 9 heteroatoms. The van der Waals surface area contributed by atoms with Gasteiger partial charge < -0.3 is 5.32 Å². The lowest BCUT2D eigenvalue weighted by Gasteiger charge is -2.05. The van der Waals surface area contributed by atoms with Gasteiger partial charge in [-0.3, -0.25) is 19.7 Å². The number of nitrogens with zero attached hydrogens (tertiary/aromatic N) is 2. The Kier molecular flexibility index (Phi) is 6.19. The third-order valence-corrected chi connectivity index (χ3v) is 3.36. The van der Waals surface area contributed by atoms with Crippen LogP contribution in [0.1, 0.15) is 15.9 Å². The van der Waals surface area contributed by atoms with Crippen LogP contribution >= 0.6 is 11.6 Å². The Bertz CT molecular complexity index is 821. The fourth-order valence-electron chi connectivity index (χ4n) is 1.80. The van der Waals surface area contributed by atoms with E-state index in [1.807, 2.05) is 0 Å². The van der Waals surface area contributed by atoms with Gasteiger partial charge in [0.1, 0.15) is 0 Å². The van der Waals surface area contributed by atoms with Crippen LogP contribution in [0.4, 0.5) is 5.69 Å². The Morgan fingerprint density at radius 3 is 2.48 bits per heavy atom. The number of benzene rings is 2. The summed E-state index contributed by atoms with van der Waals surface area (Å²) in [5, 5.41) is 17.0. The maximum atomic E-state index is 11.9. The van der Waals surface area contributed by atoms with Crippen LogP contribution in [-0.4, -0.2) is 29.5 Å². The van der Waals surface area contributed by atoms with Gasteiger partial charge in [-0.15, -0.1) is 0 Å². The fraction of sp³-hybridized carbons (Fsp3) is 0.0625. The average molecular weight is 361 g/mol. The van der Waals surface area contributed by atoms with E-state index in [1.165, 1.54) is 30.5 Å². The van der Waals surface area contributed by atoms with Crippen molar-refractivity contribution < 1.29 is 14.5 Å². The molecule has 128 valence electrons. The third-order valence-electron chi connectivity index (χ3n) is 3.03. The largest absolute Gasteiger partial charge is 0.343 e. The Morgan fingerprint density at radius 2 is 1.84 bits per heavy atom. The van der Waals surface area contributed by atoms with Gasteiger partial charge in [-0.1, -0.05) is 23.7 Å². The predicted octanol–water partition coefficient (Wildman–Crippen LogP) is 2.13. The zero-order valence-electron chi connectivity index (χ0n) is 12.8. The maximum absolute atomic E-state index is 11.9. The number of carbonyl (C=O) groups excluding carboxylic acids is 2. The molecule has 0 unspecified atom stereocenters. The number of nitro benzene ring substituents is 1. The minimum Gasteiger partial charge on any atom is -0.343 e. The number of non-ortho nitro benzene ring substituents is 1. The normalized spacial score (nSPS) is 10.4. The van der Waals surface area contributed by atoms with Gasteiger partial charge in [-0.2, -0.15) is 5.10 Å². The van der Waals surface area contributed by atoms with Crippen molar-refractivity contribution in [2.45, 2.75) is 0 Å². The molecule has 0 spiro atoms. The molecule has 0 saturated carbocycles. The number of nitro groups is 1. The summed E-state index contributed by atoms with van der Waals surface area (Å²) in [6, 6.07) is 12.1. The van der Waals surface area contributed by atoms with E-state index in [1.54, 1.807) is 24.3 Å². The predicted molar refractivity (Wildman–Crippen MR) is 92.6 cm³/mol. The summed E-state index contributed by atoms with van der Waals surface area (Å²) in [5.41, 5.74) is 3.05. The lowest BCUT2D eigenvalue weighted by Crippen LogP contribution is -2.35. The highest BCUT2D eigenvalue weighted by molar-refractivity contribution is 6.33. The van der Waals surface area contributed by atoms with Crippen molar-refractivity contribution in [1.29, 1.82) is 0 Å². The van der Waals surface area contributed by atoms with E-state index >= 15 is 0 Å². The number of hydrogen-bond donors (Lipinski definition) is 2. The summed E-state index contributed by atoms with van der Waals surface area (Å²) < 4.78 is 0. The van der Waals surface area contributed by atoms with Crippen LogP contribution < -0.4 is 10.7 Å². The van der Waals surface area contributed by atoms with Crippen molar-refractivity contribution in [3.05, 3.63) is 74.8 Å². The average Bonchev–Trinajstić information content (AvgIpc) is 2.60. The molecule has 2 aromatic rings. The first-order valence-electron chi connectivity index (χ1n) is 7.06. The van der Waals surface area contributed by atoms with Gasteiger partial charge in [0.25, 0.3) is 17.5 Å². The van der Waals surface area contributed by atoms with Crippen LogP contribution in [0.15, 0.2) is 53.6 Å². The molecule has 2 rings (SSSR count). The number of hydrogen-bond acceptors (Lipinski definition) is 5. The molecule has 8 nitrogen and oxygen atoms in total. The molecule has 2 aromatic carbocycles. The minimum absolute atomic E-state index is 0.0385. The SMILES string of the molecule is O=C(CNC(=O)c1ccccc1Cl)NN=Cc1ccc([N+](=O)[O-])cc1. The summed E-state index contributed by atoms with van der Waals surface area (Å²) >= 11 is 5.89. The van der Waals surface area contributed by atoms with Gasteiger partial charge in [-0.25, -0.2) is 5.43 Å². The highest BCUT2D eigenvalue weighted by Crippen LogP contribution is 2.14. The number of hydrazone groups is 1. The van der Waals surface area contributed by atoms with Gasteiger partial charge in [-0.05, 0) is 29.8 Å². The molecular formula is C16H13ClN4O4. The lowest BCUT2D eigenvalue weighted by molar-refractivity contribution is -0.384. The molecule has 0 bridgehead atoms. The highest BCUT2D eigenvalue weighted by Gasteiger charge is 2.10. The first-order valence-corrected chi connectivity index (χ1v) is 7.44. The van der Waals surface area contributed by atoms with E-state index in [0.717, 1.165) is 0 Å². The van der Waals surface area contributed by atoms with Crippen LogP contribution in [0.3, 0.4) is 0 Å². The molecule has 0 radical (unpaired) electrons. The standard InChI is InChI=1S/C16H13ClN4O4/c17-14-4-2-1-3-13(14)16(23)18-10-15(22)20-19-9-11-5-7-12(8-6-11)21(24)25/h1-9H,10H2,(H,18,23)(H,20,22). The number of carbonyl (C=O) groups is 2. The molecule has 0 saturated heterocycles. The molecule has 0 aliphatic rings. The van der Waals surface area contributed by atoms with E-state index in [4.69, 9.17) is 11.6 Å². The Balaban J connectivity index is 1.81. The van der Waals surface area contributed by atoms with Gasteiger partial charge in [0.15, 0.2) is 0 Å². The maximum Gasteiger partial charge on any atom is 0.269 e. The Morgan fingerprint density at radius 1 is 1.16 bits per heavy atom. The first-order chi connectivity index (χ1) is 12.0. The zero-order valence-corrected chi connectivity index (χ0v) is 13.6. The van der Waals surface area contributed by atoms with Crippen LogP contribution in [0.25, 0.3) is 0 Å². The molecule has 0 aliphatic heterocycles. The monoisotopic (exact) mass is 360 g/mol. The Hall–Kier alpha value is -3.26. The van der Waals surface area contributed by atoms with Crippen molar-refractivity contribution >= 4 is 35.3 Å². The molecular weight excluding hydrogens is 348 g/mol. The molecule has 2 amide bonds. The molecule has 0 aliphatic carbocycles. The molecule has 0 heterocycles. The van der Waals surface area contributed by atoms with Crippen LogP contribution in [0.2, 0.25) is 5.02 Å². The summed E-state index contributed by atoms with van der Waals surface area (Å²) in [6.07, 6.45) is 1.33. The van der Waals surface area contributed by atoms with Crippen molar-refractivity contribution in [1.82, 2.24) is 10.7 Å². The number of amides is 2. The summed E-state index contributed by atoms with van der Waals surface area (Å²) in [6.45, 7) is -0.276. The molecule has 0 fully saturated rings. The number of halogens is 1. The third kappa shape index (κ3) is 5.40. The van der Waals surface area contributed by atoms with E-state index in [-0.39, 0.29) is 22.8 Å². The zero-order chi connectivity index (χ0) is 18.2. The molecule has 0 aromatic heterocycles. The topological polar surface area (TPSA) is 114 Å². The lowest BCUT2D eigenvalue weighted by atomic mass is 10.2. The van der Waals surface area contributed by atoms with Gasteiger partial charge in [0.2, 0.25) is 0 Å². The second kappa shape index (κ2) is 8.55. The number of nitrogens with one attached hydrogen (secondary N) is 2. The summed E-state index contributed by atoms with van der Waals surface area (Å²) in [4.78, 5) is 33.5. The van der Waals surface area contributed by atoms with Crippen molar-refractivity contribution in [2.24, 2.45) is 5.10 Å². The van der Waals surface area contributed by atoms with Crippen LogP contribution in [-0.2, 0) is 4.79 Å². The number of rotatable bonds is 6. The molecule has 25 heavy (non-hydrogen) atoms. The second-order valence-corrected chi connectivity index (χ2v) is 5.21. The van der Waals surface area contributed by atoms with Crippen LogP contribution in [0, 0.1) is 10.1 Å². The van der Waals surface area contributed by atoms with Crippen molar-refractivity contribution in [3.63, 3.8) is 0 Å². The van der Waals surface area contributed by atoms with Gasteiger partial charge in [0.05, 0.1) is 28.3 Å². The van der Waals surface area contributed by atoms with E-state index in [9.17, 15) is 19.7 Å². The van der Waals surface area contributed by atoms with E-state index in [2.05, 4.69) is 15.8 Å². The summed E-state index contributed by atoms with van der Waals surface area (Å²) in [7, 11) is 0.